The molecule has 2 fully saturated rings. The molecule has 0 radical (unpaired) electrons. The van der Waals surface area contributed by atoms with Crippen LogP contribution in [0.4, 0.5) is 13.6 Å². The summed E-state index contributed by atoms with van der Waals surface area (Å²) in [5.74, 6) is -2.71. The number of alkyl halides is 2. The number of halogens is 2. The van der Waals surface area contributed by atoms with Gasteiger partial charge in [0.25, 0.3) is 0 Å². The summed E-state index contributed by atoms with van der Waals surface area (Å²) in [6, 6.07) is -0.402. The average Bonchev–Trinajstić information content (AvgIpc) is 2.75. The predicted molar refractivity (Wildman–Crippen MR) is 72.1 cm³/mol. The Bertz CT molecular complexity index is 415. The monoisotopic (exact) mass is 304 g/mol. The standard InChI is InChI=1S/C14H22F2N2O3/c1-10(2)9-21-13(20)17-5-6-18(12(19)8-17)11-3-4-14(15,16)7-11/h10-11H,3-9H2,1-2H3. The first kappa shape index (κ1) is 16.0. The molecule has 1 unspecified atom stereocenters. The van der Waals surface area contributed by atoms with E-state index in [-0.39, 0.29) is 31.2 Å². The molecule has 1 aliphatic heterocycles. The van der Waals surface area contributed by atoms with Crippen molar-refractivity contribution in [3.63, 3.8) is 0 Å². The van der Waals surface area contributed by atoms with Crippen molar-refractivity contribution in [2.24, 2.45) is 5.92 Å². The van der Waals surface area contributed by atoms with Crippen LogP contribution in [0.25, 0.3) is 0 Å². The number of rotatable bonds is 3. The molecule has 0 aromatic rings. The van der Waals surface area contributed by atoms with Gasteiger partial charge in [-0.1, -0.05) is 13.8 Å². The van der Waals surface area contributed by atoms with Gasteiger partial charge >= 0.3 is 6.09 Å². The third-order valence-corrected chi connectivity index (χ3v) is 3.87. The van der Waals surface area contributed by atoms with Crippen LogP contribution in [0, 0.1) is 5.92 Å². The first-order chi connectivity index (χ1) is 9.78. The van der Waals surface area contributed by atoms with Crippen LogP contribution in [-0.4, -0.2) is 60.0 Å². The van der Waals surface area contributed by atoms with E-state index in [0.29, 0.717) is 26.1 Å². The fraction of sp³-hybridized carbons (Fsp3) is 0.857. The molecular formula is C14H22F2N2O3. The lowest BCUT2D eigenvalue weighted by Crippen LogP contribution is -2.55. The topological polar surface area (TPSA) is 49.9 Å². The van der Waals surface area contributed by atoms with Crippen molar-refractivity contribution in [3.8, 4) is 0 Å². The summed E-state index contributed by atoms with van der Waals surface area (Å²) in [6.45, 7) is 4.72. The Balaban J connectivity index is 1.85. The molecule has 0 spiro atoms. The molecule has 1 heterocycles. The molecule has 1 atom stereocenters. The summed E-state index contributed by atoms with van der Waals surface area (Å²) >= 11 is 0. The Morgan fingerprint density at radius 1 is 1.43 bits per heavy atom. The third kappa shape index (κ3) is 4.04. The van der Waals surface area contributed by atoms with Gasteiger partial charge in [0, 0.05) is 32.0 Å². The van der Waals surface area contributed by atoms with Crippen LogP contribution < -0.4 is 0 Å². The van der Waals surface area contributed by atoms with Gasteiger partial charge in [0.05, 0.1) is 6.61 Å². The Labute approximate surface area is 123 Å². The molecule has 120 valence electrons. The highest BCUT2D eigenvalue weighted by atomic mass is 19.3. The molecule has 1 aliphatic carbocycles. The summed E-state index contributed by atoms with van der Waals surface area (Å²) < 4.78 is 31.6. The van der Waals surface area contributed by atoms with E-state index >= 15 is 0 Å². The van der Waals surface area contributed by atoms with Gasteiger partial charge in [-0.3, -0.25) is 9.69 Å². The van der Waals surface area contributed by atoms with E-state index in [0.717, 1.165) is 0 Å². The molecule has 0 aromatic carbocycles. The number of carbonyl (C=O) groups excluding carboxylic acids is 2. The number of hydrogen-bond donors (Lipinski definition) is 0. The quantitative estimate of drug-likeness (QED) is 0.802. The van der Waals surface area contributed by atoms with Crippen LogP contribution in [0.1, 0.15) is 33.1 Å². The second-order valence-electron chi connectivity index (χ2n) is 6.23. The number of ether oxygens (including phenoxy) is 1. The smallest absolute Gasteiger partial charge is 0.410 e. The summed E-state index contributed by atoms with van der Waals surface area (Å²) in [4.78, 5) is 26.7. The summed E-state index contributed by atoms with van der Waals surface area (Å²) in [5, 5.41) is 0. The van der Waals surface area contributed by atoms with E-state index < -0.39 is 18.1 Å². The number of nitrogens with zero attached hydrogens (tertiary/aromatic N) is 2. The lowest BCUT2D eigenvalue weighted by atomic mass is 10.1. The van der Waals surface area contributed by atoms with E-state index in [1.165, 1.54) is 9.80 Å². The molecule has 2 aliphatic rings. The largest absolute Gasteiger partial charge is 0.449 e. The second-order valence-corrected chi connectivity index (χ2v) is 6.23. The summed E-state index contributed by atoms with van der Waals surface area (Å²) in [5.41, 5.74) is 0. The van der Waals surface area contributed by atoms with Crippen LogP contribution in [0.2, 0.25) is 0 Å². The number of carbonyl (C=O) groups is 2. The summed E-state index contributed by atoms with van der Waals surface area (Å²) in [7, 11) is 0. The highest BCUT2D eigenvalue weighted by Gasteiger charge is 2.44. The molecule has 0 aromatic heterocycles. The molecule has 21 heavy (non-hydrogen) atoms. The fourth-order valence-electron chi connectivity index (χ4n) is 2.75. The SMILES string of the molecule is CC(C)COC(=O)N1CCN(C2CCC(F)(F)C2)C(=O)C1. The number of piperazine rings is 1. The Hall–Kier alpha value is -1.40. The maximum absolute atomic E-state index is 13.2. The van der Waals surface area contributed by atoms with Crippen molar-refractivity contribution < 1.29 is 23.1 Å². The highest BCUT2D eigenvalue weighted by Crippen LogP contribution is 2.37. The van der Waals surface area contributed by atoms with Gasteiger partial charge in [-0.2, -0.15) is 0 Å². The van der Waals surface area contributed by atoms with E-state index in [1.807, 2.05) is 13.8 Å². The first-order valence-corrected chi connectivity index (χ1v) is 7.37. The van der Waals surface area contributed by atoms with E-state index in [4.69, 9.17) is 4.74 Å². The lowest BCUT2D eigenvalue weighted by Gasteiger charge is -2.37. The average molecular weight is 304 g/mol. The molecule has 2 amide bonds. The van der Waals surface area contributed by atoms with Crippen LogP contribution in [0.3, 0.4) is 0 Å². The molecule has 7 heteroatoms. The Morgan fingerprint density at radius 2 is 2.14 bits per heavy atom. The van der Waals surface area contributed by atoms with E-state index in [2.05, 4.69) is 0 Å². The van der Waals surface area contributed by atoms with Crippen LogP contribution in [0.5, 0.6) is 0 Å². The number of hydrogen-bond acceptors (Lipinski definition) is 3. The minimum atomic E-state index is -2.67. The lowest BCUT2D eigenvalue weighted by molar-refractivity contribution is -0.138. The number of amides is 2. The van der Waals surface area contributed by atoms with Gasteiger partial charge in [-0.15, -0.1) is 0 Å². The van der Waals surface area contributed by atoms with Gasteiger partial charge in [0.1, 0.15) is 6.54 Å². The van der Waals surface area contributed by atoms with Crippen molar-refractivity contribution in [2.45, 2.75) is 45.1 Å². The minimum absolute atomic E-state index is 0.0843. The molecule has 2 rings (SSSR count). The fourth-order valence-corrected chi connectivity index (χ4v) is 2.75. The van der Waals surface area contributed by atoms with Gasteiger partial charge in [0.15, 0.2) is 0 Å². The van der Waals surface area contributed by atoms with Gasteiger partial charge < -0.3 is 9.64 Å². The Morgan fingerprint density at radius 3 is 2.67 bits per heavy atom. The first-order valence-electron chi connectivity index (χ1n) is 7.37. The maximum Gasteiger partial charge on any atom is 0.410 e. The van der Waals surface area contributed by atoms with Crippen molar-refractivity contribution in [3.05, 3.63) is 0 Å². The molecule has 0 N–H and O–H groups in total. The molecule has 1 saturated heterocycles. The van der Waals surface area contributed by atoms with Crippen molar-refractivity contribution in [2.75, 3.05) is 26.2 Å². The Kier molecular flexibility index (Phi) is 4.68. The zero-order chi connectivity index (χ0) is 15.6. The highest BCUT2D eigenvalue weighted by molar-refractivity contribution is 5.83. The van der Waals surface area contributed by atoms with Crippen molar-refractivity contribution >= 4 is 12.0 Å². The van der Waals surface area contributed by atoms with Crippen molar-refractivity contribution in [1.29, 1.82) is 0 Å². The van der Waals surface area contributed by atoms with Crippen molar-refractivity contribution in [1.82, 2.24) is 9.80 Å². The third-order valence-electron chi connectivity index (χ3n) is 3.87. The minimum Gasteiger partial charge on any atom is -0.449 e. The molecule has 1 saturated carbocycles. The van der Waals surface area contributed by atoms with E-state index in [1.54, 1.807) is 0 Å². The molecule has 0 bridgehead atoms. The second kappa shape index (κ2) is 6.15. The van der Waals surface area contributed by atoms with Crippen LogP contribution in [0.15, 0.2) is 0 Å². The van der Waals surface area contributed by atoms with Gasteiger partial charge in [-0.25, -0.2) is 13.6 Å². The van der Waals surface area contributed by atoms with E-state index in [9.17, 15) is 18.4 Å². The predicted octanol–water partition coefficient (Wildman–Crippen LogP) is 2.11. The normalized spacial score (nSPS) is 25.6. The van der Waals surface area contributed by atoms with Gasteiger partial charge in [-0.05, 0) is 12.3 Å². The van der Waals surface area contributed by atoms with Gasteiger partial charge in [0.2, 0.25) is 11.8 Å². The molecular weight excluding hydrogens is 282 g/mol. The maximum atomic E-state index is 13.2. The zero-order valence-corrected chi connectivity index (χ0v) is 12.5. The van der Waals surface area contributed by atoms with Crippen LogP contribution in [-0.2, 0) is 9.53 Å². The summed E-state index contributed by atoms with van der Waals surface area (Å²) in [6.07, 6.45) is -0.609. The zero-order valence-electron chi connectivity index (χ0n) is 12.5. The van der Waals surface area contributed by atoms with Crippen LogP contribution >= 0.6 is 0 Å². The molecule has 5 nitrogen and oxygen atoms in total.